The minimum atomic E-state index is -0.243. The van der Waals surface area contributed by atoms with Gasteiger partial charge in [-0.3, -0.25) is 9.36 Å². The van der Waals surface area contributed by atoms with Gasteiger partial charge in [0.2, 0.25) is 0 Å². The second kappa shape index (κ2) is 8.09. The number of anilines is 1. The molecule has 0 saturated heterocycles. The summed E-state index contributed by atoms with van der Waals surface area (Å²) < 4.78 is 16.7. The smallest absolute Gasteiger partial charge is 0.171 e. The summed E-state index contributed by atoms with van der Waals surface area (Å²) in [6, 6.07) is 6.38. The molecule has 0 unspecified atom stereocenters. The molecule has 0 bridgehead atoms. The van der Waals surface area contributed by atoms with Crippen LogP contribution in [0.5, 0.6) is 0 Å². The highest BCUT2D eigenvalue weighted by Crippen LogP contribution is 2.10. The fourth-order valence-electron chi connectivity index (χ4n) is 2.62. The summed E-state index contributed by atoms with van der Waals surface area (Å²) >= 11 is 5.34. The number of rotatable bonds is 6. The van der Waals surface area contributed by atoms with Crippen LogP contribution in [0.25, 0.3) is 0 Å². The molecule has 3 aromatic rings. The summed E-state index contributed by atoms with van der Waals surface area (Å²) in [6.45, 7) is 6.14. The van der Waals surface area contributed by atoms with Gasteiger partial charge in [-0.2, -0.15) is 10.2 Å². The van der Waals surface area contributed by atoms with Crippen LogP contribution in [-0.2, 0) is 19.6 Å². The Kier molecular flexibility index (Phi) is 5.62. The summed E-state index contributed by atoms with van der Waals surface area (Å²) in [4.78, 5) is 0. The van der Waals surface area contributed by atoms with Crippen LogP contribution in [0.4, 0.5) is 10.1 Å². The van der Waals surface area contributed by atoms with E-state index in [1.165, 1.54) is 12.1 Å². The normalized spacial score (nSPS) is 10.7. The number of aromatic nitrogens is 4. The predicted octanol–water partition coefficient (Wildman–Crippen LogP) is 3.08. The average molecular weight is 372 g/mol. The summed E-state index contributed by atoms with van der Waals surface area (Å²) in [7, 11) is 0. The molecule has 0 amide bonds. The van der Waals surface area contributed by atoms with E-state index in [2.05, 4.69) is 27.8 Å². The molecule has 3 rings (SSSR count). The molecule has 0 saturated carbocycles. The van der Waals surface area contributed by atoms with E-state index in [4.69, 9.17) is 12.2 Å². The Morgan fingerprint density at radius 3 is 2.65 bits per heavy atom. The van der Waals surface area contributed by atoms with Crippen molar-refractivity contribution < 1.29 is 4.39 Å². The van der Waals surface area contributed by atoms with Gasteiger partial charge in [0.05, 0.1) is 24.6 Å². The van der Waals surface area contributed by atoms with Crippen molar-refractivity contribution in [2.75, 3.05) is 5.32 Å². The molecule has 2 N–H and O–H groups in total. The van der Waals surface area contributed by atoms with Crippen molar-refractivity contribution in [3.05, 3.63) is 65.5 Å². The third-order valence-electron chi connectivity index (χ3n) is 4.09. The quantitative estimate of drug-likeness (QED) is 0.651. The fourth-order valence-corrected chi connectivity index (χ4v) is 2.81. The highest BCUT2D eigenvalue weighted by Gasteiger charge is 2.07. The van der Waals surface area contributed by atoms with E-state index in [-0.39, 0.29) is 5.82 Å². The number of hydrogen-bond acceptors (Lipinski definition) is 3. The largest absolute Gasteiger partial charge is 0.358 e. The van der Waals surface area contributed by atoms with Crippen LogP contribution >= 0.6 is 12.2 Å². The molecule has 2 heterocycles. The molecule has 0 atom stereocenters. The number of thiocarbonyl (C=S) groups is 1. The summed E-state index contributed by atoms with van der Waals surface area (Å²) in [5, 5.41) is 15.4. The van der Waals surface area contributed by atoms with Crippen LogP contribution < -0.4 is 10.6 Å². The van der Waals surface area contributed by atoms with Crippen molar-refractivity contribution in [3.63, 3.8) is 0 Å². The van der Waals surface area contributed by atoms with Crippen molar-refractivity contribution in [1.82, 2.24) is 24.9 Å². The molecule has 0 fully saturated rings. The van der Waals surface area contributed by atoms with Crippen molar-refractivity contribution >= 4 is 23.0 Å². The van der Waals surface area contributed by atoms with E-state index in [0.29, 0.717) is 18.2 Å². The minimum absolute atomic E-state index is 0.243. The highest BCUT2D eigenvalue weighted by atomic mass is 32.1. The summed E-state index contributed by atoms with van der Waals surface area (Å²) in [5.74, 6) is -0.243. The second-order valence-electron chi connectivity index (χ2n) is 5.93. The first-order valence-electron chi connectivity index (χ1n) is 8.38. The molecule has 0 aliphatic rings. The highest BCUT2D eigenvalue weighted by molar-refractivity contribution is 7.80. The van der Waals surface area contributed by atoms with Gasteiger partial charge in [0.1, 0.15) is 5.82 Å². The second-order valence-corrected chi connectivity index (χ2v) is 6.34. The van der Waals surface area contributed by atoms with Crippen LogP contribution in [0.3, 0.4) is 0 Å². The molecule has 8 heteroatoms. The van der Waals surface area contributed by atoms with Crippen LogP contribution in [-0.4, -0.2) is 24.7 Å². The number of halogens is 1. The van der Waals surface area contributed by atoms with Gasteiger partial charge in [-0.1, -0.05) is 12.1 Å². The SMILES string of the molecule is CCn1ncc(CNC(=S)Nc2cnn(Cc3ccc(F)cc3)c2)c1C. The first kappa shape index (κ1) is 18.1. The van der Waals surface area contributed by atoms with Gasteiger partial charge in [0, 0.05) is 30.5 Å². The third kappa shape index (κ3) is 4.45. The Morgan fingerprint density at radius 2 is 1.96 bits per heavy atom. The number of aryl methyl sites for hydroxylation is 1. The van der Waals surface area contributed by atoms with E-state index in [9.17, 15) is 4.39 Å². The lowest BCUT2D eigenvalue weighted by Crippen LogP contribution is -2.27. The molecular formula is C18H21FN6S. The van der Waals surface area contributed by atoms with E-state index >= 15 is 0 Å². The third-order valence-corrected chi connectivity index (χ3v) is 4.34. The van der Waals surface area contributed by atoms with Gasteiger partial charge >= 0.3 is 0 Å². The maximum absolute atomic E-state index is 13.0. The molecule has 6 nitrogen and oxygen atoms in total. The standard InChI is InChI=1S/C18H21FN6S/c1-3-25-13(2)15(9-22-25)8-20-18(26)23-17-10-21-24(12-17)11-14-4-6-16(19)7-5-14/h4-7,9-10,12H,3,8,11H2,1-2H3,(H2,20,23,26). The Labute approximate surface area is 157 Å². The fraction of sp³-hybridized carbons (Fsp3) is 0.278. The summed E-state index contributed by atoms with van der Waals surface area (Å²) in [6.07, 6.45) is 5.42. The average Bonchev–Trinajstić information content (AvgIpc) is 3.21. The topological polar surface area (TPSA) is 59.7 Å². The molecule has 0 aliphatic heterocycles. The lowest BCUT2D eigenvalue weighted by Gasteiger charge is -2.09. The van der Waals surface area contributed by atoms with Crippen LogP contribution in [0.1, 0.15) is 23.7 Å². The van der Waals surface area contributed by atoms with E-state index in [0.717, 1.165) is 29.1 Å². The van der Waals surface area contributed by atoms with Gasteiger partial charge < -0.3 is 10.6 Å². The van der Waals surface area contributed by atoms with Crippen molar-refractivity contribution in [2.45, 2.75) is 33.5 Å². The Hall–Kier alpha value is -2.74. The van der Waals surface area contributed by atoms with Crippen molar-refractivity contribution in [1.29, 1.82) is 0 Å². The minimum Gasteiger partial charge on any atom is -0.358 e. The van der Waals surface area contributed by atoms with Crippen LogP contribution in [0.2, 0.25) is 0 Å². The van der Waals surface area contributed by atoms with Crippen LogP contribution in [0, 0.1) is 12.7 Å². The van der Waals surface area contributed by atoms with Gasteiger partial charge in [-0.25, -0.2) is 4.39 Å². The molecule has 136 valence electrons. The van der Waals surface area contributed by atoms with Gasteiger partial charge in [0.25, 0.3) is 0 Å². The molecule has 0 spiro atoms. The zero-order valence-electron chi connectivity index (χ0n) is 14.7. The van der Waals surface area contributed by atoms with E-state index in [1.54, 1.807) is 23.0 Å². The lowest BCUT2D eigenvalue weighted by atomic mass is 10.2. The van der Waals surface area contributed by atoms with Gasteiger partial charge in [0.15, 0.2) is 5.11 Å². The summed E-state index contributed by atoms with van der Waals surface area (Å²) in [5.41, 5.74) is 4.02. The first-order chi connectivity index (χ1) is 12.5. The lowest BCUT2D eigenvalue weighted by molar-refractivity contribution is 0.624. The number of nitrogens with one attached hydrogen (secondary N) is 2. The van der Waals surface area contributed by atoms with Crippen molar-refractivity contribution in [2.24, 2.45) is 0 Å². The Bertz CT molecular complexity index is 883. The van der Waals surface area contributed by atoms with Crippen LogP contribution in [0.15, 0.2) is 42.9 Å². The van der Waals surface area contributed by atoms with Gasteiger partial charge in [-0.05, 0) is 43.8 Å². The molecule has 0 aliphatic carbocycles. The molecule has 1 aromatic carbocycles. The molecule has 2 aromatic heterocycles. The zero-order chi connectivity index (χ0) is 18.5. The van der Waals surface area contributed by atoms with Gasteiger partial charge in [-0.15, -0.1) is 0 Å². The first-order valence-corrected chi connectivity index (χ1v) is 8.79. The Morgan fingerprint density at radius 1 is 1.19 bits per heavy atom. The maximum Gasteiger partial charge on any atom is 0.171 e. The number of nitrogens with zero attached hydrogens (tertiary/aromatic N) is 4. The monoisotopic (exact) mass is 372 g/mol. The van der Waals surface area contributed by atoms with Crippen molar-refractivity contribution in [3.8, 4) is 0 Å². The Balaban J connectivity index is 1.52. The predicted molar refractivity (Wildman–Crippen MR) is 103 cm³/mol. The van der Waals surface area contributed by atoms with E-state index in [1.807, 2.05) is 24.0 Å². The molecule has 26 heavy (non-hydrogen) atoms. The molecular weight excluding hydrogens is 351 g/mol. The molecule has 0 radical (unpaired) electrons. The number of benzene rings is 1. The maximum atomic E-state index is 13.0. The van der Waals surface area contributed by atoms with E-state index < -0.39 is 0 Å². The zero-order valence-corrected chi connectivity index (χ0v) is 15.6. The number of hydrogen-bond donors (Lipinski definition) is 2.